The van der Waals surface area contributed by atoms with Crippen LogP contribution >= 0.6 is 0 Å². The van der Waals surface area contributed by atoms with E-state index in [1.54, 1.807) is 12.1 Å². The number of nitrogens with zero attached hydrogens (tertiary/aromatic N) is 1. The third-order valence-electron chi connectivity index (χ3n) is 2.32. The second-order valence-corrected chi connectivity index (χ2v) is 3.82. The van der Waals surface area contributed by atoms with Gasteiger partial charge in [0.15, 0.2) is 0 Å². The molecule has 0 bridgehead atoms. The van der Waals surface area contributed by atoms with E-state index in [2.05, 4.69) is 17.6 Å². The number of hydrogen-bond acceptors (Lipinski definition) is 3. The first-order valence-corrected chi connectivity index (χ1v) is 5.26. The highest BCUT2D eigenvalue weighted by Crippen LogP contribution is 2.17. The van der Waals surface area contributed by atoms with Crippen molar-refractivity contribution in [3.05, 3.63) is 29.6 Å². The Labute approximate surface area is 95.3 Å². The first kappa shape index (κ1) is 12.5. The molecule has 0 fully saturated rings. The highest BCUT2D eigenvalue weighted by Gasteiger charge is 2.08. The Morgan fingerprint density at radius 3 is 2.81 bits per heavy atom. The van der Waals surface area contributed by atoms with E-state index in [4.69, 9.17) is 5.26 Å². The van der Waals surface area contributed by atoms with E-state index >= 15 is 0 Å². The van der Waals surface area contributed by atoms with E-state index in [0.29, 0.717) is 18.2 Å². The molecule has 1 aromatic carbocycles. The predicted octanol–water partition coefficient (Wildman–Crippen LogP) is 1.96. The Kier molecular flexibility index (Phi) is 4.74. The van der Waals surface area contributed by atoms with Crippen LogP contribution in [0.1, 0.15) is 12.5 Å². The largest absolute Gasteiger partial charge is 0.384 e. The average molecular weight is 221 g/mol. The van der Waals surface area contributed by atoms with E-state index in [1.807, 2.05) is 13.1 Å². The molecule has 0 saturated heterocycles. The highest BCUT2D eigenvalue weighted by atomic mass is 19.1. The van der Waals surface area contributed by atoms with E-state index in [0.717, 1.165) is 6.54 Å². The van der Waals surface area contributed by atoms with Crippen LogP contribution < -0.4 is 10.6 Å². The Balaban J connectivity index is 2.67. The zero-order valence-corrected chi connectivity index (χ0v) is 9.55. The number of rotatable bonds is 5. The topological polar surface area (TPSA) is 47.8 Å². The molecule has 0 aliphatic rings. The zero-order chi connectivity index (χ0) is 12.0. The molecule has 16 heavy (non-hydrogen) atoms. The number of halogens is 1. The molecule has 0 aliphatic carbocycles. The van der Waals surface area contributed by atoms with Crippen LogP contribution in [0, 0.1) is 23.1 Å². The van der Waals surface area contributed by atoms with Crippen LogP contribution in [0.5, 0.6) is 0 Å². The SMILES string of the molecule is CNCC(C)CNc1cccc(F)c1C#N. The van der Waals surface area contributed by atoms with Crippen molar-refractivity contribution in [2.45, 2.75) is 6.92 Å². The monoisotopic (exact) mass is 221 g/mol. The zero-order valence-electron chi connectivity index (χ0n) is 9.55. The van der Waals surface area contributed by atoms with Gasteiger partial charge >= 0.3 is 0 Å². The first-order chi connectivity index (χ1) is 7.69. The lowest BCUT2D eigenvalue weighted by atomic mass is 10.1. The molecule has 1 aromatic rings. The summed E-state index contributed by atoms with van der Waals surface area (Å²) in [6.07, 6.45) is 0. The molecular weight excluding hydrogens is 205 g/mol. The van der Waals surface area contributed by atoms with Gasteiger partial charge in [-0.1, -0.05) is 13.0 Å². The average Bonchev–Trinajstić information content (AvgIpc) is 2.27. The molecule has 4 heteroatoms. The van der Waals surface area contributed by atoms with Crippen molar-refractivity contribution in [2.75, 3.05) is 25.5 Å². The molecule has 0 amide bonds. The number of hydrogen-bond donors (Lipinski definition) is 2. The van der Waals surface area contributed by atoms with Crippen molar-refractivity contribution in [1.29, 1.82) is 5.26 Å². The third kappa shape index (κ3) is 3.21. The van der Waals surface area contributed by atoms with E-state index < -0.39 is 5.82 Å². The van der Waals surface area contributed by atoms with Gasteiger partial charge in [0.05, 0.1) is 5.69 Å². The van der Waals surface area contributed by atoms with Gasteiger partial charge in [0.1, 0.15) is 17.4 Å². The minimum atomic E-state index is -0.478. The number of nitriles is 1. The summed E-state index contributed by atoms with van der Waals surface area (Å²) in [6, 6.07) is 6.47. The summed E-state index contributed by atoms with van der Waals surface area (Å²) in [5.74, 6) is -0.0615. The van der Waals surface area contributed by atoms with Gasteiger partial charge in [0.25, 0.3) is 0 Å². The molecular formula is C12H16FN3. The van der Waals surface area contributed by atoms with Crippen LogP contribution in [0.3, 0.4) is 0 Å². The Bertz CT molecular complexity index is 384. The predicted molar refractivity (Wildman–Crippen MR) is 62.7 cm³/mol. The normalized spacial score (nSPS) is 11.9. The van der Waals surface area contributed by atoms with Gasteiger partial charge in [-0.3, -0.25) is 0 Å². The minimum Gasteiger partial charge on any atom is -0.384 e. The fraction of sp³-hybridized carbons (Fsp3) is 0.417. The number of nitrogens with one attached hydrogen (secondary N) is 2. The molecule has 0 saturated carbocycles. The molecule has 0 aliphatic heterocycles. The van der Waals surface area contributed by atoms with Gasteiger partial charge in [0.2, 0.25) is 0 Å². The Hall–Kier alpha value is -1.60. The van der Waals surface area contributed by atoms with Gasteiger partial charge < -0.3 is 10.6 Å². The molecule has 86 valence electrons. The standard InChI is InChI=1S/C12H16FN3/c1-9(7-15-2)8-16-12-5-3-4-11(13)10(12)6-14/h3-5,9,15-16H,7-8H2,1-2H3. The van der Waals surface area contributed by atoms with Crippen LogP contribution in [0.25, 0.3) is 0 Å². The summed E-state index contributed by atoms with van der Waals surface area (Å²) >= 11 is 0. The van der Waals surface area contributed by atoms with E-state index in [9.17, 15) is 4.39 Å². The van der Waals surface area contributed by atoms with Crippen LogP contribution in [0.15, 0.2) is 18.2 Å². The van der Waals surface area contributed by atoms with Crippen molar-refractivity contribution >= 4 is 5.69 Å². The van der Waals surface area contributed by atoms with Crippen molar-refractivity contribution in [1.82, 2.24) is 5.32 Å². The third-order valence-corrected chi connectivity index (χ3v) is 2.32. The van der Waals surface area contributed by atoms with Crippen LogP contribution in [0.4, 0.5) is 10.1 Å². The molecule has 0 aromatic heterocycles. The maximum absolute atomic E-state index is 13.2. The lowest BCUT2D eigenvalue weighted by molar-refractivity contribution is 0.569. The second-order valence-electron chi connectivity index (χ2n) is 3.82. The lowest BCUT2D eigenvalue weighted by Gasteiger charge is -2.13. The summed E-state index contributed by atoms with van der Waals surface area (Å²) < 4.78 is 13.2. The second kappa shape index (κ2) is 6.09. The van der Waals surface area contributed by atoms with Crippen molar-refractivity contribution in [2.24, 2.45) is 5.92 Å². The maximum Gasteiger partial charge on any atom is 0.143 e. The van der Waals surface area contributed by atoms with Gasteiger partial charge in [-0.2, -0.15) is 5.26 Å². The quantitative estimate of drug-likeness (QED) is 0.799. The van der Waals surface area contributed by atoms with Crippen LogP contribution in [-0.2, 0) is 0 Å². The smallest absolute Gasteiger partial charge is 0.143 e. The molecule has 3 nitrogen and oxygen atoms in total. The summed E-state index contributed by atoms with van der Waals surface area (Å²) in [6.45, 7) is 3.66. The summed E-state index contributed by atoms with van der Waals surface area (Å²) in [7, 11) is 1.89. The van der Waals surface area contributed by atoms with E-state index in [1.165, 1.54) is 6.07 Å². The molecule has 1 atom stereocenters. The number of anilines is 1. The highest BCUT2D eigenvalue weighted by molar-refractivity contribution is 5.57. The maximum atomic E-state index is 13.2. The molecule has 0 heterocycles. The first-order valence-electron chi connectivity index (χ1n) is 5.26. The van der Waals surface area contributed by atoms with Gasteiger partial charge in [-0.25, -0.2) is 4.39 Å². The van der Waals surface area contributed by atoms with Crippen LogP contribution in [-0.4, -0.2) is 20.1 Å². The lowest BCUT2D eigenvalue weighted by Crippen LogP contribution is -2.23. The minimum absolute atomic E-state index is 0.0826. The summed E-state index contributed by atoms with van der Waals surface area (Å²) in [5.41, 5.74) is 0.643. The van der Waals surface area contributed by atoms with Gasteiger partial charge in [0, 0.05) is 6.54 Å². The fourth-order valence-electron chi connectivity index (χ4n) is 1.49. The van der Waals surface area contributed by atoms with Crippen molar-refractivity contribution in [3.8, 4) is 6.07 Å². The molecule has 2 N–H and O–H groups in total. The van der Waals surface area contributed by atoms with Gasteiger partial charge in [-0.15, -0.1) is 0 Å². The Morgan fingerprint density at radius 1 is 1.44 bits per heavy atom. The molecule has 0 spiro atoms. The fourth-order valence-corrected chi connectivity index (χ4v) is 1.49. The Morgan fingerprint density at radius 2 is 2.19 bits per heavy atom. The molecule has 1 unspecified atom stereocenters. The number of benzene rings is 1. The summed E-state index contributed by atoms with van der Waals surface area (Å²) in [5, 5.41) is 15.0. The van der Waals surface area contributed by atoms with E-state index in [-0.39, 0.29) is 5.56 Å². The molecule has 1 rings (SSSR count). The van der Waals surface area contributed by atoms with Crippen LogP contribution in [0.2, 0.25) is 0 Å². The molecule has 0 radical (unpaired) electrons. The summed E-state index contributed by atoms with van der Waals surface area (Å²) in [4.78, 5) is 0. The van der Waals surface area contributed by atoms with Crippen molar-refractivity contribution < 1.29 is 4.39 Å². The van der Waals surface area contributed by atoms with Gasteiger partial charge in [-0.05, 0) is 31.6 Å². The van der Waals surface area contributed by atoms with Crippen molar-refractivity contribution in [3.63, 3.8) is 0 Å².